The SMILES string of the molecule is CC(C)(C)OC(=O)N1CC(CC(=O)O)Oc2ccc(Br)cc21. The van der Waals surface area contributed by atoms with Crippen LogP contribution in [0, 0.1) is 0 Å². The molecule has 120 valence electrons. The number of rotatable bonds is 2. The summed E-state index contributed by atoms with van der Waals surface area (Å²) in [5, 5.41) is 8.95. The molecule has 1 N–H and O–H groups in total. The summed E-state index contributed by atoms with van der Waals surface area (Å²) in [6.45, 7) is 5.47. The highest BCUT2D eigenvalue weighted by Gasteiger charge is 2.33. The number of anilines is 1. The topological polar surface area (TPSA) is 76.1 Å². The molecule has 0 saturated heterocycles. The van der Waals surface area contributed by atoms with Gasteiger partial charge in [0.15, 0.2) is 0 Å². The van der Waals surface area contributed by atoms with Crippen molar-refractivity contribution in [2.75, 3.05) is 11.4 Å². The standard InChI is InChI=1S/C15H18BrNO5/c1-15(2,3)22-14(20)17-8-10(7-13(18)19)21-12-5-4-9(16)6-11(12)17/h4-6,10H,7-8H2,1-3H3,(H,18,19). The molecule has 0 spiro atoms. The van der Waals surface area contributed by atoms with E-state index >= 15 is 0 Å². The van der Waals surface area contributed by atoms with Gasteiger partial charge in [-0.25, -0.2) is 4.79 Å². The molecule has 1 aromatic carbocycles. The van der Waals surface area contributed by atoms with Gasteiger partial charge in [-0.05, 0) is 39.0 Å². The van der Waals surface area contributed by atoms with E-state index < -0.39 is 23.8 Å². The number of hydrogen-bond donors (Lipinski definition) is 1. The number of carboxylic acids is 1. The van der Waals surface area contributed by atoms with Crippen molar-refractivity contribution in [1.29, 1.82) is 0 Å². The number of benzene rings is 1. The monoisotopic (exact) mass is 371 g/mol. The minimum atomic E-state index is -0.977. The van der Waals surface area contributed by atoms with Crippen LogP contribution < -0.4 is 9.64 Å². The molecule has 0 fully saturated rings. The molecule has 1 atom stereocenters. The zero-order valence-corrected chi connectivity index (χ0v) is 14.2. The lowest BCUT2D eigenvalue weighted by Gasteiger charge is -2.35. The Morgan fingerprint density at radius 1 is 1.45 bits per heavy atom. The molecule has 0 aromatic heterocycles. The lowest BCUT2D eigenvalue weighted by Crippen LogP contribution is -2.46. The van der Waals surface area contributed by atoms with Gasteiger partial charge in [0.05, 0.1) is 18.7 Å². The molecule has 0 radical (unpaired) electrons. The summed E-state index contributed by atoms with van der Waals surface area (Å²) in [6.07, 6.45) is -1.32. The fourth-order valence-corrected chi connectivity index (χ4v) is 2.46. The number of ether oxygens (including phenoxy) is 2. The molecular weight excluding hydrogens is 354 g/mol. The zero-order valence-electron chi connectivity index (χ0n) is 12.6. The van der Waals surface area contributed by atoms with Crippen molar-refractivity contribution in [1.82, 2.24) is 0 Å². The average Bonchev–Trinajstić information content (AvgIpc) is 2.35. The maximum Gasteiger partial charge on any atom is 0.415 e. The van der Waals surface area contributed by atoms with E-state index in [-0.39, 0.29) is 13.0 Å². The highest BCUT2D eigenvalue weighted by Crippen LogP contribution is 2.37. The van der Waals surface area contributed by atoms with Gasteiger partial charge in [-0.1, -0.05) is 15.9 Å². The van der Waals surface area contributed by atoms with Crippen LogP contribution >= 0.6 is 15.9 Å². The fourth-order valence-electron chi connectivity index (χ4n) is 2.11. The summed E-state index contributed by atoms with van der Waals surface area (Å²) in [5.74, 6) is -0.513. The number of halogens is 1. The first kappa shape index (κ1) is 16.6. The molecular formula is C15H18BrNO5. The van der Waals surface area contributed by atoms with Crippen molar-refractivity contribution in [3.8, 4) is 5.75 Å². The van der Waals surface area contributed by atoms with E-state index in [2.05, 4.69) is 15.9 Å². The van der Waals surface area contributed by atoms with Crippen LogP contribution in [0.1, 0.15) is 27.2 Å². The summed E-state index contributed by atoms with van der Waals surface area (Å²) in [7, 11) is 0. The molecule has 7 heteroatoms. The van der Waals surface area contributed by atoms with E-state index in [1.807, 2.05) is 0 Å². The summed E-state index contributed by atoms with van der Waals surface area (Å²) in [5.41, 5.74) is -0.0746. The van der Waals surface area contributed by atoms with Crippen molar-refractivity contribution in [2.45, 2.75) is 38.9 Å². The van der Waals surface area contributed by atoms with Gasteiger partial charge in [-0.15, -0.1) is 0 Å². The van der Waals surface area contributed by atoms with E-state index in [1.54, 1.807) is 39.0 Å². The van der Waals surface area contributed by atoms with Crippen molar-refractivity contribution in [3.05, 3.63) is 22.7 Å². The summed E-state index contributed by atoms with van der Waals surface area (Å²) < 4.78 is 11.8. The Kier molecular flexibility index (Phi) is 4.65. The van der Waals surface area contributed by atoms with Crippen LogP contribution in [0.5, 0.6) is 5.75 Å². The second-order valence-electron chi connectivity index (χ2n) is 6.04. The molecule has 6 nitrogen and oxygen atoms in total. The van der Waals surface area contributed by atoms with E-state index in [4.69, 9.17) is 14.6 Å². The zero-order chi connectivity index (χ0) is 16.5. The van der Waals surface area contributed by atoms with Crippen LogP contribution in [-0.4, -0.2) is 35.4 Å². The molecule has 1 aliphatic rings. The van der Waals surface area contributed by atoms with Crippen LogP contribution in [0.15, 0.2) is 22.7 Å². The minimum Gasteiger partial charge on any atom is -0.486 e. The Labute approximate surface area is 137 Å². The van der Waals surface area contributed by atoms with Gasteiger partial charge in [0, 0.05) is 4.47 Å². The van der Waals surface area contributed by atoms with Gasteiger partial charge in [0.2, 0.25) is 0 Å². The lowest BCUT2D eigenvalue weighted by atomic mass is 10.1. The quantitative estimate of drug-likeness (QED) is 0.861. The number of aliphatic carboxylic acids is 1. The number of amides is 1. The Hall–Kier alpha value is -1.76. The third-order valence-corrected chi connectivity index (χ3v) is 3.40. The molecule has 0 saturated carbocycles. The van der Waals surface area contributed by atoms with Crippen LogP contribution in [0.25, 0.3) is 0 Å². The van der Waals surface area contributed by atoms with Crippen LogP contribution in [-0.2, 0) is 9.53 Å². The molecule has 1 heterocycles. The van der Waals surface area contributed by atoms with E-state index in [0.717, 1.165) is 4.47 Å². The summed E-state index contributed by atoms with van der Waals surface area (Å²) in [6, 6.07) is 5.22. The first-order chi connectivity index (χ1) is 10.2. The third kappa shape index (κ3) is 4.13. The van der Waals surface area contributed by atoms with Gasteiger partial charge < -0.3 is 14.6 Å². The molecule has 1 aliphatic heterocycles. The smallest absolute Gasteiger partial charge is 0.415 e. The van der Waals surface area contributed by atoms with Crippen molar-refractivity contribution >= 4 is 33.7 Å². The number of carbonyl (C=O) groups excluding carboxylic acids is 1. The maximum atomic E-state index is 12.4. The molecule has 1 unspecified atom stereocenters. The molecule has 22 heavy (non-hydrogen) atoms. The first-order valence-corrected chi connectivity index (χ1v) is 7.63. The molecule has 0 bridgehead atoms. The first-order valence-electron chi connectivity index (χ1n) is 6.84. The van der Waals surface area contributed by atoms with Crippen molar-refractivity contribution in [3.63, 3.8) is 0 Å². The van der Waals surface area contributed by atoms with Gasteiger partial charge in [-0.2, -0.15) is 0 Å². The Balaban J connectivity index is 2.32. The normalized spacial score (nSPS) is 17.5. The largest absolute Gasteiger partial charge is 0.486 e. The van der Waals surface area contributed by atoms with E-state index in [0.29, 0.717) is 11.4 Å². The van der Waals surface area contributed by atoms with E-state index in [1.165, 1.54) is 4.90 Å². The number of carbonyl (C=O) groups is 2. The number of nitrogens with zero attached hydrogens (tertiary/aromatic N) is 1. The number of carboxylic acid groups (broad SMARTS) is 1. The Morgan fingerprint density at radius 2 is 2.14 bits per heavy atom. The maximum absolute atomic E-state index is 12.4. The highest BCUT2D eigenvalue weighted by molar-refractivity contribution is 9.10. The van der Waals surface area contributed by atoms with Crippen molar-refractivity contribution in [2.24, 2.45) is 0 Å². The van der Waals surface area contributed by atoms with Gasteiger partial charge in [0.25, 0.3) is 0 Å². The average molecular weight is 372 g/mol. The Bertz CT molecular complexity index is 596. The predicted molar refractivity (Wildman–Crippen MR) is 84.4 cm³/mol. The summed E-state index contributed by atoms with van der Waals surface area (Å²) in [4.78, 5) is 24.7. The molecule has 1 aromatic rings. The van der Waals surface area contributed by atoms with Crippen LogP contribution in [0.4, 0.5) is 10.5 Å². The second-order valence-corrected chi connectivity index (χ2v) is 6.96. The fraction of sp³-hybridized carbons (Fsp3) is 0.467. The van der Waals surface area contributed by atoms with Crippen LogP contribution in [0.2, 0.25) is 0 Å². The highest BCUT2D eigenvalue weighted by atomic mass is 79.9. The summed E-state index contributed by atoms with van der Waals surface area (Å²) >= 11 is 3.36. The van der Waals surface area contributed by atoms with Crippen LogP contribution in [0.3, 0.4) is 0 Å². The number of hydrogen-bond acceptors (Lipinski definition) is 4. The lowest BCUT2D eigenvalue weighted by molar-refractivity contribution is -0.138. The van der Waals surface area contributed by atoms with Crippen molar-refractivity contribution < 1.29 is 24.2 Å². The molecule has 2 rings (SSSR count). The van der Waals surface area contributed by atoms with Gasteiger partial charge in [-0.3, -0.25) is 9.69 Å². The molecule has 1 amide bonds. The minimum absolute atomic E-state index is 0.130. The third-order valence-electron chi connectivity index (χ3n) is 2.91. The predicted octanol–water partition coefficient (Wildman–Crippen LogP) is 3.43. The van der Waals surface area contributed by atoms with E-state index in [9.17, 15) is 9.59 Å². The Morgan fingerprint density at radius 3 is 2.73 bits per heavy atom. The van der Waals surface area contributed by atoms with Gasteiger partial charge in [0.1, 0.15) is 17.5 Å². The molecule has 0 aliphatic carbocycles. The number of fused-ring (bicyclic) bond motifs is 1. The second kappa shape index (κ2) is 6.16. The van der Waals surface area contributed by atoms with Gasteiger partial charge >= 0.3 is 12.1 Å².